The summed E-state index contributed by atoms with van der Waals surface area (Å²) in [6, 6.07) is 102. The number of hydrogen-bond donors (Lipinski definition) is 0. The fourth-order valence-electron chi connectivity index (χ4n) is 18.7. The third kappa shape index (κ3) is 25.9. The molecule has 0 aliphatic heterocycles. The van der Waals surface area contributed by atoms with Crippen molar-refractivity contribution >= 4 is 43.1 Å². The molecule has 692 valence electrons. The predicted octanol–water partition coefficient (Wildman–Crippen LogP) is 38.9. The van der Waals surface area contributed by atoms with Crippen LogP contribution >= 0.6 is 0 Å². The Labute approximate surface area is 815 Å². The highest BCUT2D eigenvalue weighted by molar-refractivity contribution is 5.98. The van der Waals surface area contributed by atoms with E-state index in [1.54, 1.807) is 0 Å². The van der Waals surface area contributed by atoms with Gasteiger partial charge in [-0.25, -0.2) is 0 Å². The van der Waals surface area contributed by atoms with Crippen molar-refractivity contribution in [3.05, 3.63) is 480 Å². The van der Waals surface area contributed by atoms with Gasteiger partial charge in [-0.1, -0.05) is 335 Å². The van der Waals surface area contributed by atoms with Gasteiger partial charge in [0, 0.05) is 0 Å². The molecule has 0 saturated carbocycles. The summed E-state index contributed by atoms with van der Waals surface area (Å²) in [6.45, 7) is 76.8. The molecular weight excluding hydrogens is 1620 g/mol. The summed E-state index contributed by atoms with van der Waals surface area (Å²) in [5.74, 6) is 0. The molecule has 0 heteroatoms. The van der Waals surface area contributed by atoms with Gasteiger partial charge in [0.2, 0.25) is 0 Å². The van der Waals surface area contributed by atoms with Crippen LogP contribution in [0.25, 0.3) is 98.7 Å². The molecule has 0 saturated heterocycles. The van der Waals surface area contributed by atoms with Gasteiger partial charge in [-0.3, -0.25) is 0 Å². The summed E-state index contributed by atoms with van der Waals surface area (Å²) in [7, 11) is 0. The van der Waals surface area contributed by atoms with E-state index in [-0.39, 0.29) is 0 Å². The molecule has 0 aliphatic rings. The van der Waals surface area contributed by atoms with Gasteiger partial charge in [0.15, 0.2) is 0 Å². The molecule has 0 unspecified atom stereocenters. The molecule has 0 fully saturated rings. The van der Waals surface area contributed by atoms with Gasteiger partial charge in [0.25, 0.3) is 0 Å². The van der Waals surface area contributed by atoms with E-state index in [0.29, 0.717) is 0 Å². The molecule has 0 N–H and O–H groups in total. The maximum Gasteiger partial charge on any atom is -0.0114 e. The summed E-state index contributed by atoms with van der Waals surface area (Å²) in [4.78, 5) is 0. The number of aryl methyl sites for hydroxylation is 27. The average Bonchev–Trinajstić information content (AvgIpc) is 0.742. The van der Waals surface area contributed by atoms with Crippen LogP contribution in [0.3, 0.4) is 0 Å². The highest BCUT2D eigenvalue weighted by Crippen LogP contribution is 2.39. The van der Waals surface area contributed by atoms with E-state index in [4.69, 9.17) is 0 Å². The largest absolute Gasteiger partial charge is 0.0620 e. The molecule has 0 bridgehead atoms. The van der Waals surface area contributed by atoms with E-state index in [1.165, 1.54) is 293 Å². The fraction of sp³-hybridized carbons (Fsp3) is 0.259. The summed E-state index contributed by atoms with van der Waals surface area (Å²) in [5, 5.41) is 11.5. The average molecular weight is 1770 g/mol. The van der Waals surface area contributed by atoms with Crippen LogP contribution in [-0.2, 0) is 0 Å². The zero-order chi connectivity index (χ0) is 98.8. The van der Waals surface area contributed by atoms with Crippen LogP contribution in [0.2, 0.25) is 0 Å². The van der Waals surface area contributed by atoms with Crippen molar-refractivity contribution in [2.75, 3.05) is 0 Å². The van der Waals surface area contributed by atoms with Crippen molar-refractivity contribution in [3.8, 4) is 55.6 Å². The minimum atomic E-state index is 1.29. The van der Waals surface area contributed by atoms with Crippen molar-refractivity contribution in [2.24, 2.45) is 0 Å². The van der Waals surface area contributed by atoms with E-state index in [0.717, 1.165) is 0 Å². The lowest BCUT2D eigenvalue weighted by molar-refractivity contribution is 1.20. The molecule has 0 aromatic heterocycles. The van der Waals surface area contributed by atoms with Gasteiger partial charge in [-0.05, 0) is 486 Å². The highest BCUT2D eigenvalue weighted by atomic mass is 14.2. The number of rotatable bonds is 5. The lowest BCUT2D eigenvalue weighted by Crippen LogP contribution is -2.01. The number of fused-ring (bicyclic) bond motifs is 4. The highest BCUT2D eigenvalue weighted by Gasteiger charge is 2.18. The Morgan fingerprint density at radius 3 is 0.674 bits per heavy atom. The Morgan fingerprint density at radius 1 is 0.104 bits per heavy atom. The van der Waals surface area contributed by atoms with Crippen LogP contribution in [0.15, 0.2) is 285 Å². The molecule has 0 heterocycles. The molecule has 0 aliphatic carbocycles. The summed E-state index contributed by atoms with van der Waals surface area (Å²) < 4.78 is 0. The fourth-order valence-corrected chi connectivity index (χ4v) is 18.7. The van der Waals surface area contributed by atoms with Crippen LogP contribution in [0, 0.1) is 242 Å². The molecule has 18 aromatic carbocycles. The molecule has 18 aromatic rings. The minimum absolute atomic E-state index is 1.29. The third-order valence-corrected chi connectivity index (χ3v) is 28.8. The molecule has 0 radical (unpaired) electrons. The van der Waals surface area contributed by atoms with Crippen LogP contribution in [-0.4, -0.2) is 0 Å². The van der Waals surface area contributed by atoms with Crippen LogP contribution in [0.1, 0.15) is 195 Å². The Bertz CT molecular complexity index is 6850. The van der Waals surface area contributed by atoms with Crippen LogP contribution in [0.5, 0.6) is 0 Å². The first-order valence-corrected chi connectivity index (χ1v) is 48.5. The second-order valence-electron chi connectivity index (χ2n) is 38.9. The van der Waals surface area contributed by atoms with E-state index < -0.39 is 0 Å². The first-order valence-electron chi connectivity index (χ1n) is 48.5. The standard InChI is InChI=1S/C18H24.C16H20.C16H18.C15H16.C14H16.C14H14.C14H16.2C14H14/c1-9-10(2)14(6)18-16(8)12(4)11(3)15(7)17(18)13(9)5;1-9-7-8-10(2)16-14(6)12(4)11(3)13(5)15(9)16;1-11-5-7-15(9-13(11)3)16-8-6-12(2)14(4)10-16;1-11-8-9-15(13(3)10-11)14-7-5-4-6-12(14)2;1-9-5-11(3)14-8-10(2)6-12(4)13(14)7-9;1-11-3-7-13(8-4-11)14-9-5-12(2)6-10-14;1-9-10(2)12(4)14-8-6-5-7-13(14)11(9)3;1-11-5-3-7-13(9-11)14-8-4-6-12(2)10-14;1-11-6-8-13(9-7-11)14-5-3-4-12(2)10-14/h1-8H3;7-8H,1-6H3;5-10H,1-4H3;4-10H,1-3H3;5-8H,1-4H3;3-10H,1-2H3;5-8H,1-4H3;2*3-10H,1-2H3. The van der Waals surface area contributed by atoms with Crippen molar-refractivity contribution in [3.63, 3.8) is 0 Å². The Balaban J connectivity index is 0.000000157. The quantitative estimate of drug-likeness (QED) is 0.161. The van der Waals surface area contributed by atoms with Gasteiger partial charge in [-0.15, -0.1) is 0 Å². The molecule has 135 heavy (non-hydrogen) atoms. The molecule has 0 atom stereocenters. The van der Waals surface area contributed by atoms with Crippen LogP contribution in [0.4, 0.5) is 0 Å². The second kappa shape index (κ2) is 46.8. The minimum Gasteiger partial charge on any atom is -0.0620 e. The van der Waals surface area contributed by atoms with Gasteiger partial charge in [-0.2, -0.15) is 0 Å². The first-order chi connectivity index (χ1) is 64.0. The van der Waals surface area contributed by atoms with Gasteiger partial charge in [0.1, 0.15) is 0 Å². The number of hydrogen-bond acceptors (Lipinski definition) is 0. The zero-order valence-electron chi connectivity index (χ0n) is 88.6. The second-order valence-corrected chi connectivity index (χ2v) is 38.9. The van der Waals surface area contributed by atoms with Crippen molar-refractivity contribution < 1.29 is 0 Å². The molecule has 0 nitrogen and oxygen atoms in total. The number of benzene rings is 18. The lowest BCUT2D eigenvalue weighted by atomic mass is 9.83. The Hall–Kier alpha value is -13.0. The summed E-state index contributed by atoms with van der Waals surface area (Å²) in [5.41, 5.74) is 61.7. The van der Waals surface area contributed by atoms with E-state index in [9.17, 15) is 0 Å². The monoisotopic (exact) mass is 1770 g/mol. The predicted molar refractivity (Wildman–Crippen MR) is 601 cm³/mol. The van der Waals surface area contributed by atoms with Crippen molar-refractivity contribution in [1.29, 1.82) is 0 Å². The molecular formula is C135H152. The Morgan fingerprint density at radius 2 is 0.356 bits per heavy atom. The van der Waals surface area contributed by atoms with E-state index in [1.807, 2.05) is 0 Å². The lowest BCUT2D eigenvalue weighted by Gasteiger charge is -2.21. The maximum atomic E-state index is 2.27. The summed E-state index contributed by atoms with van der Waals surface area (Å²) in [6.07, 6.45) is 0. The van der Waals surface area contributed by atoms with Gasteiger partial charge in [0.05, 0.1) is 0 Å². The Kier molecular flexibility index (Phi) is 36.1. The van der Waals surface area contributed by atoms with Gasteiger partial charge < -0.3 is 0 Å². The molecule has 0 spiro atoms. The first kappa shape index (κ1) is 104. The topological polar surface area (TPSA) is 0 Å². The zero-order valence-corrected chi connectivity index (χ0v) is 88.6. The van der Waals surface area contributed by atoms with E-state index in [2.05, 4.69) is 527 Å². The van der Waals surface area contributed by atoms with Gasteiger partial charge >= 0.3 is 0 Å². The molecule has 18 rings (SSSR count). The van der Waals surface area contributed by atoms with E-state index >= 15 is 0 Å². The smallest absolute Gasteiger partial charge is 0.0114 e. The summed E-state index contributed by atoms with van der Waals surface area (Å²) >= 11 is 0. The SMILES string of the molecule is Cc1c(C)c(C)c2c(C)c(C)c(C)c(C)c2c1C.Cc1c(C)c(C)c2c(C)ccc(C)c2c1C.Cc1c(C)c(C)c2ccccc2c1C.Cc1cc(C)c2cc(C)cc(C)c2c1.Cc1ccc(-c2ccc(C)c(C)c2)cc1C.Cc1ccc(-c2ccc(C)cc2)cc1.Cc1ccc(-c2cccc(C)c2)cc1.Cc1ccc(-c2ccccc2C)c(C)c1.Cc1cccc(-c2cccc(C)c2)c1. The normalized spacial score (nSPS) is 10.6. The third-order valence-electron chi connectivity index (χ3n) is 28.8. The van der Waals surface area contributed by atoms with Crippen molar-refractivity contribution in [1.82, 2.24) is 0 Å². The van der Waals surface area contributed by atoms with Crippen molar-refractivity contribution in [2.45, 2.75) is 242 Å². The maximum absolute atomic E-state index is 2.27. The van der Waals surface area contributed by atoms with Crippen LogP contribution < -0.4 is 0 Å². The molecule has 0 amide bonds.